The minimum atomic E-state index is -1.01. The summed E-state index contributed by atoms with van der Waals surface area (Å²) in [5.41, 5.74) is 2.39. The lowest BCUT2D eigenvalue weighted by Crippen LogP contribution is -2.37. The molecule has 0 spiro atoms. The van der Waals surface area contributed by atoms with E-state index in [-0.39, 0.29) is 12.2 Å². The molecule has 4 aromatic rings. The second-order valence-corrected chi connectivity index (χ2v) is 8.07. The Balaban J connectivity index is 1.95. The Morgan fingerprint density at radius 3 is 2.44 bits per heavy atom. The highest BCUT2D eigenvalue weighted by molar-refractivity contribution is 5.96. The molecule has 0 radical (unpaired) electrons. The molecule has 5 rings (SSSR count). The van der Waals surface area contributed by atoms with Crippen molar-refractivity contribution >= 4 is 10.9 Å². The van der Waals surface area contributed by atoms with Gasteiger partial charge in [-0.05, 0) is 18.6 Å². The minimum Gasteiger partial charge on any atom is -0.365 e. The number of ether oxygens (including phenoxy) is 1. The van der Waals surface area contributed by atoms with Crippen LogP contribution in [-0.2, 0) is 25.4 Å². The van der Waals surface area contributed by atoms with Crippen LogP contribution in [0.1, 0.15) is 22.9 Å². The summed E-state index contributed by atoms with van der Waals surface area (Å²) in [6.45, 7) is 2.61. The standard InChI is InChI=1S/C24H21F2N3O3/c1-13-7-9-14(10-8-13)19-17-20(27(2)24(31)28(3)23(17)30)21-22(32-12-11-29(19)21)15-5-4-6-16(25)18(15)26/h4-10,22H,11-12H2,1-3H3/t22-/m1/s1. The third-order valence-corrected chi connectivity index (χ3v) is 6.14. The monoisotopic (exact) mass is 437 g/mol. The van der Waals surface area contributed by atoms with Crippen LogP contribution in [0.4, 0.5) is 8.78 Å². The highest BCUT2D eigenvalue weighted by atomic mass is 19.2. The second-order valence-electron chi connectivity index (χ2n) is 8.07. The number of hydrogen-bond donors (Lipinski definition) is 0. The molecule has 0 saturated heterocycles. The first-order chi connectivity index (χ1) is 15.3. The van der Waals surface area contributed by atoms with Crippen LogP contribution < -0.4 is 11.2 Å². The van der Waals surface area contributed by atoms with Crippen molar-refractivity contribution in [1.82, 2.24) is 13.7 Å². The molecule has 0 amide bonds. The SMILES string of the molecule is Cc1ccc(-c2c3c(=O)n(C)c(=O)n(C)c3c3n2CCO[C@@H]3c2cccc(F)c2F)cc1. The van der Waals surface area contributed by atoms with E-state index in [0.717, 1.165) is 21.8 Å². The first kappa shape index (κ1) is 20.4. The topological polar surface area (TPSA) is 58.2 Å². The van der Waals surface area contributed by atoms with Gasteiger partial charge in [0.2, 0.25) is 0 Å². The molecule has 0 N–H and O–H groups in total. The molecule has 32 heavy (non-hydrogen) atoms. The van der Waals surface area contributed by atoms with Gasteiger partial charge < -0.3 is 9.30 Å². The van der Waals surface area contributed by atoms with Gasteiger partial charge in [0.1, 0.15) is 6.10 Å². The van der Waals surface area contributed by atoms with E-state index >= 15 is 0 Å². The highest BCUT2D eigenvalue weighted by Gasteiger charge is 2.34. The fourth-order valence-corrected chi connectivity index (χ4v) is 4.55. The molecule has 1 atom stereocenters. The van der Waals surface area contributed by atoms with E-state index < -0.39 is 29.0 Å². The van der Waals surface area contributed by atoms with Gasteiger partial charge in [0.05, 0.1) is 28.9 Å². The van der Waals surface area contributed by atoms with Crippen LogP contribution >= 0.6 is 0 Å². The van der Waals surface area contributed by atoms with Gasteiger partial charge >= 0.3 is 5.69 Å². The molecular formula is C24H21F2N3O3. The summed E-state index contributed by atoms with van der Waals surface area (Å²) in [6, 6.07) is 11.6. The van der Waals surface area contributed by atoms with E-state index in [2.05, 4.69) is 0 Å². The molecule has 8 heteroatoms. The highest BCUT2D eigenvalue weighted by Crippen LogP contribution is 2.41. The molecule has 2 aromatic heterocycles. The molecule has 1 aliphatic rings. The van der Waals surface area contributed by atoms with E-state index in [1.54, 1.807) is 7.05 Å². The summed E-state index contributed by atoms with van der Waals surface area (Å²) in [5.74, 6) is -1.99. The summed E-state index contributed by atoms with van der Waals surface area (Å²) in [6.07, 6.45) is -0.973. The largest absolute Gasteiger partial charge is 0.365 e. The maximum atomic E-state index is 14.8. The second kappa shape index (κ2) is 7.27. The molecule has 0 fully saturated rings. The predicted molar refractivity (Wildman–Crippen MR) is 117 cm³/mol. The van der Waals surface area contributed by atoms with Gasteiger partial charge in [0.15, 0.2) is 11.6 Å². The predicted octanol–water partition coefficient (Wildman–Crippen LogP) is 3.41. The van der Waals surface area contributed by atoms with Crippen LogP contribution in [0.3, 0.4) is 0 Å². The molecule has 0 unspecified atom stereocenters. The Morgan fingerprint density at radius 2 is 1.72 bits per heavy atom. The van der Waals surface area contributed by atoms with Gasteiger partial charge in [-0.15, -0.1) is 0 Å². The van der Waals surface area contributed by atoms with Gasteiger partial charge in [-0.2, -0.15) is 0 Å². The first-order valence-corrected chi connectivity index (χ1v) is 10.3. The fourth-order valence-electron chi connectivity index (χ4n) is 4.55. The van der Waals surface area contributed by atoms with E-state index in [1.165, 1.54) is 23.7 Å². The lowest BCUT2D eigenvalue weighted by Gasteiger charge is -2.28. The Hall–Kier alpha value is -3.52. The average Bonchev–Trinajstić information content (AvgIpc) is 3.14. The Kier molecular flexibility index (Phi) is 4.63. The molecule has 0 saturated carbocycles. The van der Waals surface area contributed by atoms with E-state index in [0.29, 0.717) is 28.8 Å². The van der Waals surface area contributed by atoms with Gasteiger partial charge in [0, 0.05) is 26.2 Å². The summed E-state index contributed by atoms with van der Waals surface area (Å²) >= 11 is 0. The van der Waals surface area contributed by atoms with Crippen molar-refractivity contribution in [2.75, 3.05) is 6.61 Å². The molecule has 0 aliphatic carbocycles. The fraction of sp³-hybridized carbons (Fsp3) is 0.250. The molecule has 3 heterocycles. The molecule has 6 nitrogen and oxygen atoms in total. The number of rotatable bonds is 2. The lowest BCUT2D eigenvalue weighted by molar-refractivity contribution is 0.0453. The van der Waals surface area contributed by atoms with Crippen molar-refractivity contribution in [2.24, 2.45) is 14.1 Å². The third-order valence-electron chi connectivity index (χ3n) is 6.14. The molecular weight excluding hydrogens is 416 g/mol. The number of aryl methyl sites for hydroxylation is 2. The van der Waals surface area contributed by atoms with Crippen molar-refractivity contribution in [3.8, 4) is 11.3 Å². The van der Waals surface area contributed by atoms with Crippen molar-refractivity contribution < 1.29 is 13.5 Å². The maximum absolute atomic E-state index is 14.8. The van der Waals surface area contributed by atoms with Crippen LogP contribution in [0, 0.1) is 18.6 Å². The zero-order valence-corrected chi connectivity index (χ0v) is 17.9. The molecule has 2 aromatic carbocycles. The summed E-state index contributed by atoms with van der Waals surface area (Å²) in [7, 11) is 3.00. The van der Waals surface area contributed by atoms with Crippen LogP contribution in [0.5, 0.6) is 0 Å². The number of aromatic nitrogens is 3. The zero-order valence-electron chi connectivity index (χ0n) is 17.9. The van der Waals surface area contributed by atoms with Crippen LogP contribution in [-0.4, -0.2) is 20.3 Å². The minimum absolute atomic E-state index is 0.0222. The van der Waals surface area contributed by atoms with Gasteiger partial charge in [-0.25, -0.2) is 13.6 Å². The molecule has 1 aliphatic heterocycles. The van der Waals surface area contributed by atoms with Gasteiger partial charge in [-0.3, -0.25) is 13.9 Å². The van der Waals surface area contributed by atoms with Crippen LogP contribution in [0.2, 0.25) is 0 Å². The summed E-state index contributed by atoms with van der Waals surface area (Å²) in [5, 5.41) is 0.348. The number of hydrogen-bond acceptors (Lipinski definition) is 3. The van der Waals surface area contributed by atoms with Gasteiger partial charge in [-0.1, -0.05) is 42.0 Å². The number of fused-ring (bicyclic) bond motifs is 3. The molecule has 0 bridgehead atoms. The average molecular weight is 437 g/mol. The lowest BCUT2D eigenvalue weighted by atomic mass is 10.0. The van der Waals surface area contributed by atoms with Crippen molar-refractivity contribution in [3.05, 3.63) is 91.8 Å². The smallest absolute Gasteiger partial charge is 0.331 e. The van der Waals surface area contributed by atoms with Crippen LogP contribution in [0.15, 0.2) is 52.1 Å². The molecule has 164 valence electrons. The summed E-state index contributed by atoms with van der Waals surface area (Å²) < 4.78 is 39.1. The maximum Gasteiger partial charge on any atom is 0.331 e. The van der Waals surface area contributed by atoms with Crippen molar-refractivity contribution in [2.45, 2.75) is 19.6 Å². The van der Waals surface area contributed by atoms with E-state index in [9.17, 15) is 18.4 Å². The Bertz CT molecular complexity index is 1500. The summed E-state index contributed by atoms with van der Waals surface area (Å²) in [4.78, 5) is 26.1. The van der Waals surface area contributed by atoms with Crippen molar-refractivity contribution in [1.29, 1.82) is 0 Å². The van der Waals surface area contributed by atoms with E-state index in [4.69, 9.17) is 4.74 Å². The quantitative estimate of drug-likeness (QED) is 0.483. The Labute approximate surface area is 181 Å². The normalized spacial score (nSPS) is 15.8. The number of halogens is 2. The zero-order chi connectivity index (χ0) is 22.7. The van der Waals surface area contributed by atoms with Gasteiger partial charge in [0.25, 0.3) is 5.56 Å². The first-order valence-electron chi connectivity index (χ1n) is 10.3. The number of benzene rings is 2. The van der Waals surface area contributed by atoms with Crippen LogP contribution in [0.25, 0.3) is 22.2 Å². The van der Waals surface area contributed by atoms with Crippen molar-refractivity contribution in [3.63, 3.8) is 0 Å². The van der Waals surface area contributed by atoms with E-state index in [1.807, 2.05) is 35.8 Å². The Morgan fingerprint density at radius 1 is 1.00 bits per heavy atom. The number of nitrogens with zero attached hydrogens (tertiary/aromatic N) is 3. The third kappa shape index (κ3) is 2.79.